The number of amides is 2. The van der Waals surface area contributed by atoms with E-state index in [0.717, 1.165) is 25.7 Å². The Morgan fingerprint density at radius 2 is 1.96 bits per heavy atom. The number of carboxylic acid groups (broad SMARTS) is 1. The van der Waals surface area contributed by atoms with Gasteiger partial charge in [-0.15, -0.1) is 0 Å². The zero-order chi connectivity index (χ0) is 19.0. The van der Waals surface area contributed by atoms with E-state index in [4.69, 9.17) is 4.74 Å². The van der Waals surface area contributed by atoms with Gasteiger partial charge in [0.2, 0.25) is 5.91 Å². The summed E-state index contributed by atoms with van der Waals surface area (Å²) in [5.41, 5.74) is 0.660. The van der Waals surface area contributed by atoms with Gasteiger partial charge in [-0.3, -0.25) is 9.59 Å². The van der Waals surface area contributed by atoms with Gasteiger partial charge in [-0.2, -0.15) is 0 Å². The molecule has 144 valence electrons. The Labute approximate surface area is 157 Å². The van der Waals surface area contributed by atoms with Crippen molar-refractivity contribution in [3.05, 3.63) is 24.3 Å². The minimum Gasteiger partial charge on any atom is -0.482 e. The van der Waals surface area contributed by atoms with E-state index in [1.807, 2.05) is 12.1 Å². The number of likely N-dealkylation sites (tertiary alicyclic amines) is 1. The number of carboxylic acids is 1. The van der Waals surface area contributed by atoms with Gasteiger partial charge in [0.25, 0.3) is 5.91 Å². The van der Waals surface area contributed by atoms with Crippen molar-refractivity contribution in [2.24, 2.45) is 5.92 Å². The van der Waals surface area contributed by atoms with Crippen LogP contribution in [0.3, 0.4) is 0 Å². The van der Waals surface area contributed by atoms with Gasteiger partial charge in [-0.05, 0) is 37.3 Å². The van der Waals surface area contributed by atoms with E-state index in [9.17, 15) is 19.5 Å². The molecule has 7 heteroatoms. The highest BCUT2D eigenvalue weighted by Gasteiger charge is 2.47. The van der Waals surface area contributed by atoms with Gasteiger partial charge in [0.15, 0.2) is 6.61 Å². The standard InChI is InChI=1S/C20H24N2O5/c23-18(22-14-6-2-1-5-13(14)11-16(22)20(25)26)9-10-21-15-7-3-4-8-17(15)27-12-19(21)24/h3-4,7-8,13-14,16H,1-2,5-6,9-12H2,(H,25,26)/t13-,14-,16+/m1/s1. The Balaban J connectivity index is 1.48. The number of hydrogen-bond acceptors (Lipinski definition) is 4. The number of aliphatic carboxylic acids is 1. The van der Waals surface area contributed by atoms with Crippen molar-refractivity contribution >= 4 is 23.5 Å². The minimum atomic E-state index is -0.925. The lowest BCUT2D eigenvalue weighted by molar-refractivity contribution is -0.149. The third-order valence-corrected chi connectivity index (χ3v) is 6.02. The molecule has 1 aromatic carbocycles. The molecule has 2 aliphatic heterocycles. The van der Waals surface area contributed by atoms with Gasteiger partial charge in [0.1, 0.15) is 11.8 Å². The highest BCUT2D eigenvalue weighted by molar-refractivity contribution is 5.98. The number of benzene rings is 1. The molecule has 2 amide bonds. The molecule has 1 N–H and O–H groups in total. The van der Waals surface area contributed by atoms with Crippen molar-refractivity contribution < 1.29 is 24.2 Å². The van der Waals surface area contributed by atoms with Crippen molar-refractivity contribution in [3.8, 4) is 5.75 Å². The van der Waals surface area contributed by atoms with Crippen LogP contribution in [0, 0.1) is 5.92 Å². The van der Waals surface area contributed by atoms with Gasteiger partial charge in [0.05, 0.1) is 5.69 Å². The normalized spacial score (nSPS) is 27.0. The van der Waals surface area contributed by atoms with E-state index in [-0.39, 0.29) is 43.3 Å². The van der Waals surface area contributed by atoms with Crippen molar-refractivity contribution in [2.45, 2.75) is 50.6 Å². The fourth-order valence-electron chi connectivity index (χ4n) is 4.77. The van der Waals surface area contributed by atoms with E-state index in [0.29, 0.717) is 17.9 Å². The fraction of sp³-hybridized carbons (Fsp3) is 0.550. The lowest BCUT2D eigenvalue weighted by Crippen LogP contribution is -2.48. The van der Waals surface area contributed by atoms with Crippen LogP contribution in [0.1, 0.15) is 38.5 Å². The molecule has 3 aliphatic rings. The van der Waals surface area contributed by atoms with Crippen LogP contribution in [0.25, 0.3) is 0 Å². The lowest BCUT2D eigenvalue weighted by Gasteiger charge is -2.34. The maximum atomic E-state index is 13.0. The summed E-state index contributed by atoms with van der Waals surface area (Å²) in [7, 11) is 0. The van der Waals surface area contributed by atoms with Crippen LogP contribution in [-0.2, 0) is 14.4 Å². The Kier molecular flexibility index (Phi) is 4.76. The van der Waals surface area contributed by atoms with Crippen LogP contribution in [0.15, 0.2) is 24.3 Å². The first-order valence-electron chi connectivity index (χ1n) is 9.62. The molecule has 27 heavy (non-hydrogen) atoms. The largest absolute Gasteiger partial charge is 0.482 e. The van der Waals surface area contributed by atoms with E-state index in [1.54, 1.807) is 21.9 Å². The highest BCUT2D eigenvalue weighted by atomic mass is 16.5. The van der Waals surface area contributed by atoms with Gasteiger partial charge < -0.3 is 19.6 Å². The molecule has 3 atom stereocenters. The van der Waals surface area contributed by atoms with Gasteiger partial charge in [-0.25, -0.2) is 4.79 Å². The molecule has 2 heterocycles. The first kappa shape index (κ1) is 17.8. The molecule has 1 aliphatic carbocycles. The number of carbonyl (C=O) groups excluding carboxylic acids is 2. The second kappa shape index (κ2) is 7.21. The number of para-hydroxylation sites is 2. The maximum Gasteiger partial charge on any atom is 0.326 e. The summed E-state index contributed by atoms with van der Waals surface area (Å²) in [6.07, 6.45) is 4.67. The molecule has 0 aromatic heterocycles. The number of rotatable bonds is 4. The summed E-state index contributed by atoms with van der Waals surface area (Å²) in [6, 6.07) is 6.54. The molecule has 0 unspecified atom stereocenters. The second-order valence-electron chi connectivity index (χ2n) is 7.55. The van der Waals surface area contributed by atoms with Crippen LogP contribution < -0.4 is 9.64 Å². The quantitative estimate of drug-likeness (QED) is 0.874. The summed E-state index contributed by atoms with van der Waals surface area (Å²) < 4.78 is 5.43. The molecule has 7 nitrogen and oxygen atoms in total. The maximum absolute atomic E-state index is 13.0. The average Bonchev–Trinajstić information content (AvgIpc) is 3.07. The fourth-order valence-corrected chi connectivity index (χ4v) is 4.77. The number of fused-ring (bicyclic) bond motifs is 2. The van der Waals surface area contributed by atoms with Crippen LogP contribution in [0.4, 0.5) is 5.69 Å². The predicted molar refractivity (Wildman–Crippen MR) is 97.5 cm³/mol. The topological polar surface area (TPSA) is 87.2 Å². The third kappa shape index (κ3) is 3.26. The Morgan fingerprint density at radius 3 is 2.78 bits per heavy atom. The van der Waals surface area contributed by atoms with Crippen LogP contribution in [-0.4, -0.2) is 53.0 Å². The summed E-state index contributed by atoms with van der Waals surface area (Å²) in [5, 5.41) is 9.59. The predicted octanol–water partition coefficient (Wildman–Crippen LogP) is 2.05. The summed E-state index contributed by atoms with van der Waals surface area (Å²) in [6.45, 7) is 0.190. The monoisotopic (exact) mass is 372 g/mol. The van der Waals surface area contributed by atoms with Crippen LogP contribution in [0.2, 0.25) is 0 Å². The molecule has 2 fully saturated rings. The third-order valence-electron chi connectivity index (χ3n) is 6.02. The Bertz CT molecular complexity index is 764. The first-order valence-corrected chi connectivity index (χ1v) is 9.62. The number of ether oxygens (including phenoxy) is 1. The summed E-state index contributed by atoms with van der Waals surface area (Å²) in [5.74, 6) is -0.372. The van der Waals surface area contributed by atoms with Gasteiger partial charge in [0, 0.05) is 19.0 Å². The van der Waals surface area contributed by atoms with Crippen molar-refractivity contribution in [3.63, 3.8) is 0 Å². The van der Waals surface area contributed by atoms with Crippen molar-refractivity contribution in [2.75, 3.05) is 18.1 Å². The minimum absolute atomic E-state index is 0.0278. The molecule has 0 bridgehead atoms. The molecule has 1 aromatic rings. The molecule has 1 saturated heterocycles. The average molecular weight is 372 g/mol. The van der Waals surface area contributed by atoms with Crippen molar-refractivity contribution in [1.29, 1.82) is 0 Å². The van der Waals surface area contributed by atoms with E-state index < -0.39 is 12.0 Å². The van der Waals surface area contributed by atoms with Crippen LogP contribution >= 0.6 is 0 Å². The number of hydrogen-bond donors (Lipinski definition) is 1. The van der Waals surface area contributed by atoms with Gasteiger partial charge >= 0.3 is 5.97 Å². The number of anilines is 1. The van der Waals surface area contributed by atoms with E-state index in [2.05, 4.69) is 0 Å². The van der Waals surface area contributed by atoms with Gasteiger partial charge in [-0.1, -0.05) is 25.0 Å². The van der Waals surface area contributed by atoms with E-state index >= 15 is 0 Å². The molecule has 4 rings (SSSR count). The number of nitrogens with zero attached hydrogens (tertiary/aromatic N) is 2. The first-order chi connectivity index (χ1) is 13.1. The molecule has 1 saturated carbocycles. The smallest absolute Gasteiger partial charge is 0.326 e. The van der Waals surface area contributed by atoms with Crippen LogP contribution in [0.5, 0.6) is 5.75 Å². The number of carbonyl (C=O) groups is 3. The molecule has 0 spiro atoms. The molecular weight excluding hydrogens is 348 g/mol. The molecule has 0 radical (unpaired) electrons. The SMILES string of the molecule is O=C(O)[C@@H]1C[C@H]2CCCC[C@H]2N1C(=O)CCN1C(=O)COc2ccccc21. The second-order valence-corrected chi connectivity index (χ2v) is 7.55. The summed E-state index contributed by atoms with van der Waals surface area (Å²) in [4.78, 5) is 40.1. The lowest BCUT2D eigenvalue weighted by atomic mass is 9.84. The molecular formula is C20H24N2O5. The zero-order valence-corrected chi connectivity index (χ0v) is 15.2. The Hall–Kier alpha value is -2.57. The van der Waals surface area contributed by atoms with E-state index in [1.165, 1.54) is 0 Å². The highest BCUT2D eigenvalue weighted by Crippen LogP contribution is 2.40. The Morgan fingerprint density at radius 1 is 1.19 bits per heavy atom. The summed E-state index contributed by atoms with van der Waals surface area (Å²) >= 11 is 0. The van der Waals surface area contributed by atoms with Crippen molar-refractivity contribution in [1.82, 2.24) is 4.90 Å². The zero-order valence-electron chi connectivity index (χ0n) is 15.2.